The Morgan fingerprint density at radius 1 is 1.38 bits per heavy atom. The number of aromatic nitrogens is 2. The molecular formula is C12H15N3S. The molecule has 1 aromatic heterocycles. The molecule has 0 radical (unpaired) electrons. The Balaban J connectivity index is 1.87. The van der Waals surface area contributed by atoms with Gasteiger partial charge in [-0.2, -0.15) is 5.10 Å². The Hall–Kier alpha value is -1.42. The maximum Gasteiger partial charge on any atom is 0.0492 e. The van der Waals surface area contributed by atoms with Gasteiger partial charge in [-0.05, 0) is 30.7 Å². The first-order valence-electron chi connectivity index (χ1n) is 5.21. The fourth-order valence-corrected chi connectivity index (χ4v) is 2.47. The molecular weight excluding hydrogens is 218 g/mol. The maximum atomic E-state index is 5.72. The summed E-state index contributed by atoms with van der Waals surface area (Å²) in [6.45, 7) is 0. The van der Waals surface area contributed by atoms with E-state index in [1.165, 1.54) is 10.6 Å². The molecule has 2 N–H and O–H groups in total. The van der Waals surface area contributed by atoms with Crippen molar-refractivity contribution in [2.45, 2.75) is 11.3 Å². The summed E-state index contributed by atoms with van der Waals surface area (Å²) in [7, 11) is 1.97. The predicted octanol–water partition coefficient (Wildman–Crippen LogP) is 2.34. The molecule has 0 aliphatic heterocycles. The second kappa shape index (κ2) is 5.07. The summed E-state index contributed by atoms with van der Waals surface area (Å²) in [6.07, 6.45) is 2.86. The molecule has 2 rings (SSSR count). The summed E-state index contributed by atoms with van der Waals surface area (Å²) < 4.78 is 1.92. The summed E-state index contributed by atoms with van der Waals surface area (Å²) in [4.78, 5) is 1.22. The molecule has 0 saturated carbocycles. The van der Waals surface area contributed by atoms with Gasteiger partial charge in [-0.1, -0.05) is 6.07 Å². The van der Waals surface area contributed by atoms with Gasteiger partial charge in [0, 0.05) is 35.3 Å². The Morgan fingerprint density at radius 3 is 2.94 bits per heavy atom. The monoisotopic (exact) mass is 233 g/mol. The van der Waals surface area contributed by atoms with E-state index in [1.54, 1.807) is 0 Å². The normalized spacial score (nSPS) is 10.6. The van der Waals surface area contributed by atoms with E-state index < -0.39 is 0 Å². The van der Waals surface area contributed by atoms with Crippen LogP contribution < -0.4 is 5.73 Å². The van der Waals surface area contributed by atoms with Gasteiger partial charge in [-0.25, -0.2) is 0 Å². The molecule has 3 nitrogen and oxygen atoms in total. The summed E-state index contributed by atoms with van der Waals surface area (Å²) >= 11 is 1.82. The van der Waals surface area contributed by atoms with Crippen LogP contribution in [0.2, 0.25) is 0 Å². The average molecular weight is 233 g/mol. The molecule has 0 aliphatic rings. The van der Waals surface area contributed by atoms with Gasteiger partial charge in [0.25, 0.3) is 0 Å². The molecule has 0 aliphatic carbocycles. The zero-order valence-electron chi connectivity index (χ0n) is 9.26. The summed E-state index contributed by atoms with van der Waals surface area (Å²) in [5, 5.41) is 4.14. The van der Waals surface area contributed by atoms with E-state index >= 15 is 0 Å². The minimum absolute atomic E-state index is 0.825. The minimum atomic E-state index is 0.825. The Morgan fingerprint density at radius 2 is 2.25 bits per heavy atom. The van der Waals surface area contributed by atoms with Gasteiger partial charge in [0.1, 0.15) is 0 Å². The van der Waals surface area contributed by atoms with Crippen LogP contribution in [0.1, 0.15) is 5.69 Å². The molecule has 84 valence electrons. The molecule has 0 saturated heterocycles. The average Bonchev–Trinajstić information content (AvgIpc) is 2.65. The lowest BCUT2D eigenvalue weighted by atomic mass is 10.3. The van der Waals surface area contributed by atoms with E-state index in [1.807, 2.05) is 47.9 Å². The highest BCUT2D eigenvalue weighted by Gasteiger charge is 1.99. The number of rotatable bonds is 4. The second-order valence-electron chi connectivity index (χ2n) is 3.62. The zero-order chi connectivity index (χ0) is 11.4. The number of hydrogen-bond donors (Lipinski definition) is 1. The van der Waals surface area contributed by atoms with Crippen LogP contribution in [0.15, 0.2) is 41.4 Å². The van der Waals surface area contributed by atoms with Crippen molar-refractivity contribution in [3.8, 4) is 0 Å². The molecule has 0 atom stereocenters. The third kappa shape index (κ3) is 2.79. The molecule has 0 bridgehead atoms. The quantitative estimate of drug-likeness (QED) is 0.651. The van der Waals surface area contributed by atoms with Crippen LogP contribution in [-0.4, -0.2) is 15.5 Å². The number of hydrogen-bond acceptors (Lipinski definition) is 3. The van der Waals surface area contributed by atoms with Gasteiger partial charge >= 0.3 is 0 Å². The second-order valence-corrected chi connectivity index (χ2v) is 4.79. The van der Waals surface area contributed by atoms with Crippen LogP contribution in [0, 0.1) is 0 Å². The van der Waals surface area contributed by atoms with Crippen LogP contribution in [-0.2, 0) is 13.5 Å². The van der Waals surface area contributed by atoms with Crippen molar-refractivity contribution in [1.29, 1.82) is 0 Å². The lowest BCUT2D eigenvalue weighted by Crippen LogP contribution is -1.99. The van der Waals surface area contributed by atoms with Gasteiger partial charge < -0.3 is 5.73 Å². The molecule has 0 fully saturated rings. The SMILES string of the molecule is Cn1nccc1CCSc1cccc(N)c1. The fourth-order valence-electron chi connectivity index (χ4n) is 1.52. The van der Waals surface area contributed by atoms with Crippen LogP contribution in [0.25, 0.3) is 0 Å². The Kier molecular flexibility index (Phi) is 3.51. The number of nitrogen functional groups attached to an aromatic ring is 1. The van der Waals surface area contributed by atoms with Crippen molar-refractivity contribution in [3.63, 3.8) is 0 Å². The number of aryl methyl sites for hydroxylation is 2. The summed E-state index contributed by atoms with van der Waals surface area (Å²) in [5.74, 6) is 1.04. The van der Waals surface area contributed by atoms with Gasteiger partial charge in [0.15, 0.2) is 0 Å². The Labute approximate surface area is 99.7 Å². The number of thioether (sulfide) groups is 1. The number of nitrogens with two attached hydrogens (primary N) is 1. The lowest BCUT2D eigenvalue weighted by Gasteiger charge is -2.03. The van der Waals surface area contributed by atoms with Gasteiger partial charge in [0.05, 0.1) is 0 Å². The summed E-state index contributed by atoms with van der Waals surface area (Å²) in [5.41, 5.74) is 7.81. The highest BCUT2D eigenvalue weighted by atomic mass is 32.2. The molecule has 1 heterocycles. The first-order valence-corrected chi connectivity index (χ1v) is 6.19. The van der Waals surface area contributed by atoms with Crippen LogP contribution >= 0.6 is 11.8 Å². The van der Waals surface area contributed by atoms with Crippen LogP contribution in [0.5, 0.6) is 0 Å². The van der Waals surface area contributed by atoms with Crippen molar-refractivity contribution in [2.24, 2.45) is 7.05 Å². The standard InChI is InChI=1S/C12H15N3S/c1-15-11(5-7-14-15)6-8-16-12-4-2-3-10(13)9-12/h2-5,7,9H,6,8,13H2,1H3. The number of benzene rings is 1. The van der Waals surface area contributed by atoms with Gasteiger partial charge in [-0.3, -0.25) is 4.68 Å². The van der Waals surface area contributed by atoms with Crippen molar-refractivity contribution in [3.05, 3.63) is 42.2 Å². The first kappa shape index (κ1) is 11.1. The molecule has 0 unspecified atom stereocenters. The Bertz CT molecular complexity index is 465. The third-order valence-electron chi connectivity index (χ3n) is 2.41. The molecule has 0 spiro atoms. The van der Waals surface area contributed by atoms with Gasteiger partial charge in [0.2, 0.25) is 0 Å². The van der Waals surface area contributed by atoms with E-state index in [-0.39, 0.29) is 0 Å². The van der Waals surface area contributed by atoms with Crippen molar-refractivity contribution >= 4 is 17.4 Å². The molecule has 4 heteroatoms. The van der Waals surface area contributed by atoms with E-state index in [0.29, 0.717) is 0 Å². The molecule has 2 aromatic rings. The van der Waals surface area contributed by atoms with E-state index in [2.05, 4.69) is 17.2 Å². The summed E-state index contributed by atoms with van der Waals surface area (Å²) in [6, 6.07) is 10.0. The predicted molar refractivity (Wildman–Crippen MR) is 68.5 cm³/mol. The minimum Gasteiger partial charge on any atom is -0.399 e. The number of anilines is 1. The van der Waals surface area contributed by atoms with Crippen molar-refractivity contribution in [2.75, 3.05) is 11.5 Å². The molecule has 16 heavy (non-hydrogen) atoms. The van der Waals surface area contributed by atoms with E-state index in [4.69, 9.17) is 5.73 Å². The van der Waals surface area contributed by atoms with E-state index in [9.17, 15) is 0 Å². The maximum absolute atomic E-state index is 5.72. The van der Waals surface area contributed by atoms with E-state index in [0.717, 1.165) is 17.9 Å². The number of nitrogens with zero attached hydrogens (tertiary/aromatic N) is 2. The zero-order valence-corrected chi connectivity index (χ0v) is 10.1. The first-order chi connectivity index (χ1) is 7.75. The highest BCUT2D eigenvalue weighted by molar-refractivity contribution is 7.99. The topological polar surface area (TPSA) is 43.8 Å². The smallest absolute Gasteiger partial charge is 0.0492 e. The third-order valence-corrected chi connectivity index (χ3v) is 3.40. The fraction of sp³-hybridized carbons (Fsp3) is 0.250. The molecule has 1 aromatic carbocycles. The lowest BCUT2D eigenvalue weighted by molar-refractivity contribution is 0.720. The van der Waals surface area contributed by atoms with Gasteiger partial charge in [-0.15, -0.1) is 11.8 Å². The van der Waals surface area contributed by atoms with Crippen molar-refractivity contribution < 1.29 is 0 Å². The largest absolute Gasteiger partial charge is 0.399 e. The van der Waals surface area contributed by atoms with Crippen LogP contribution in [0.3, 0.4) is 0 Å². The van der Waals surface area contributed by atoms with Crippen molar-refractivity contribution in [1.82, 2.24) is 9.78 Å². The van der Waals surface area contributed by atoms with Crippen LogP contribution in [0.4, 0.5) is 5.69 Å². The molecule has 0 amide bonds. The highest BCUT2D eigenvalue weighted by Crippen LogP contribution is 2.20.